The number of H-pyrrole nitrogens is 1. The van der Waals surface area contributed by atoms with Crippen molar-refractivity contribution in [2.75, 3.05) is 0 Å². The molecule has 0 aliphatic rings. The first-order chi connectivity index (χ1) is 8.00. The predicted molar refractivity (Wildman–Crippen MR) is 60.0 cm³/mol. The van der Waals surface area contributed by atoms with Gasteiger partial charge in [-0.05, 0) is 24.6 Å². The first kappa shape index (κ1) is 11.5. The van der Waals surface area contributed by atoms with Crippen LogP contribution in [0.5, 0.6) is 0 Å². The lowest BCUT2D eigenvalue weighted by Gasteiger charge is -2.04. The van der Waals surface area contributed by atoms with Crippen LogP contribution >= 0.6 is 11.6 Å². The molecule has 1 aromatic carbocycles. The fourth-order valence-electron chi connectivity index (χ4n) is 1.43. The van der Waals surface area contributed by atoms with Crippen molar-refractivity contribution >= 4 is 17.5 Å². The molecule has 1 aromatic heterocycles. The Bertz CT molecular complexity index is 596. The average molecular weight is 255 g/mol. The standard InChI is InChI=1S/C10H8ClFN4O/c1-4-2-5(6(11)3-7(4)12)8-9(10(13)17)15-16-14-8/h2-3H,1H3,(H2,13,17)(H,14,15,16). The zero-order valence-corrected chi connectivity index (χ0v) is 9.55. The van der Waals surface area contributed by atoms with Crippen LogP contribution in [0.2, 0.25) is 5.02 Å². The van der Waals surface area contributed by atoms with Crippen LogP contribution in [-0.4, -0.2) is 21.3 Å². The summed E-state index contributed by atoms with van der Waals surface area (Å²) in [6, 6.07) is 2.65. The number of nitrogens with one attached hydrogen (secondary N) is 1. The fourth-order valence-corrected chi connectivity index (χ4v) is 1.67. The van der Waals surface area contributed by atoms with E-state index in [1.54, 1.807) is 6.92 Å². The van der Waals surface area contributed by atoms with Gasteiger partial charge in [-0.25, -0.2) is 4.39 Å². The Morgan fingerprint density at radius 3 is 2.82 bits per heavy atom. The number of carbonyl (C=O) groups is 1. The molecular weight excluding hydrogens is 247 g/mol. The van der Waals surface area contributed by atoms with E-state index in [-0.39, 0.29) is 16.4 Å². The van der Waals surface area contributed by atoms with Gasteiger partial charge in [0, 0.05) is 5.56 Å². The van der Waals surface area contributed by atoms with Crippen LogP contribution in [0.15, 0.2) is 12.1 Å². The molecule has 5 nitrogen and oxygen atoms in total. The predicted octanol–water partition coefficient (Wildman–Crippen LogP) is 1.67. The van der Waals surface area contributed by atoms with Crippen LogP contribution in [0.3, 0.4) is 0 Å². The van der Waals surface area contributed by atoms with Crippen molar-refractivity contribution in [2.45, 2.75) is 6.92 Å². The van der Waals surface area contributed by atoms with E-state index in [1.807, 2.05) is 0 Å². The third-order valence-corrected chi connectivity index (χ3v) is 2.60. The minimum atomic E-state index is -0.730. The Labute approximate surface area is 101 Å². The van der Waals surface area contributed by atoms with Crippen LogP contribution < -0.4 is 5.73 Å². The number of primary amides is 1. The van der Waals surface area contributed by atoms with Gasteiger partial charge >= 0.3 is 0 Å². The molecule has 0 radical (unpaired) electrons. The van der Waals surface area contributed by atoms with Crippen LogP contribution in [0.25, 0.3) is 11.3 Å². The minimum absolute atomic E-state index is 0.0297. The normalized spacial score (nSPS) is 10.5. The molecule has 17 heavy (non-hydrogen) atoms. The van der Waals surface area contributed by atoms with Gasteiger partial charge in [0.2, 0.25) is 0 Å². The summed E-state index contributed by atoms with van der Waals surface area (Å²) >= 11 is 5.90. The molecular formula is C10H8ClFN4O. The second-order valence-corrected chi connectivity index (χ2v) is 3.87. The summed E-state index contributed by atoms with van der Waals surface area (Å²) in [6.07, 6.45) is 0. The van der Waals surface area contributed by atoms with Gasteiger partial charge in [-0.15, -0.1) is 0 Å². The quantitative estimate of drug-likeness (QED) is 0.855. The molecule has 3 N–H and O–H groups in total. The van der Waals surface area contributed by atoms with Gasteiger partial charge < -0.3 is 5.73 Å². The Kier molecular flexibility index (Phi) is 2.81. The molecule has 0 unspecified atom stereocenters. The summed E-state index contributed by atoms with van der Waals surface area (Å²) < 4.78 is 13.2. The molecule has 1 heterocycles. The van der Waals surface area contributed by atoms with Gasteiger partial charge in [-0.2, -0.15) is 15.4 Å². The largest absolute Gasteiger partial charge is 0.364 e. The van der Waals surface area contributed by atoms with Gasteiger partial charge in [0.25, 0.3) is 5.91 Å². The van der Waals surface area contributed by atoms with Crippen molar-refractivity contribution in [3.63, 3.8) is 0 Å². The number of hydrogen-bond donors (Lipinski definition) is 2. The molecule has 1 amide bonds. The number of aryl methyl sites for hydroxylation is 1. The number of aromatic amines is 1. The summed E-state index contributed by atoms with van der Waals surface area (Å²) in [5.41, 5.74) is 6.12. The van der Waals surface area contributed by atoms with Crippen molar-refractivity contribution in [3.05, 3.63) is 34.2 Å². The lowest BCUT2D eigenvalue weighted by atomic mass is 10.1. The molecule has 88 valence electrons. The number of benzene rings is 1. The number of rotatable bonds is 2. The highest BCUT2D eigenvalue weighted by Gasteiger charge is 2.18. The molecule has 0 fully saturated rings. The molecule has 7 heteroatoms. The third kappa shape index (κ3) is 1.99. The van der Waals surface area contributed by atoms with E-state index in [1.165, 1.54) is 6.07 Å². The smallest absolute Gasteiger partial charge is 0.271 e. The number of nitrogens with zero attached hydrogens (tertiary/aromatic N) is 2. The van der Waals surface area contributed by atoms with E-state index < -0.39 is 11.7 Å². The average Bonchev–Trinajstić information content (AvgIpc) is 2.72. The monoisotopic (exact) mass is 254 g/mol. The summed E-state index contributed by atoms with van der Waals surface area (Å²) in [6.45, 7) is 1.58. The first-order valence-electron chi connectivity index (χ1n) is 4.67. The number of nitrogens with two attached hydrogens (primary N) is 1. The first-order valence-corrected chi connectivity index (χ1v) is 5.05. The summed E-state index contributed by atoms with van der Waals surface area (Å²) in [5.74, 6) is -1.16. The molecule has 0 saturated carbocycles. The Balaban J connectivity index is 2.64. The maximum atomic E-state index is 13.2. The number of carbonyl (C=O) groups excluding carboxylic acids is 1. The van der Waals surface area contributed by atoms with E-state index in [0.29, 0.717) is 11.1 Å². The van der Waals surface area contributed by atoms with Gasteiger partial charge in [0.05, 0.1) is 5.02 Å². The lowest BCUT2D eigenvalue weighted by molar-refractivity contribution is 0.0996. The molecule has 0 saturated heterocycles. The second-order valence-electron chi connectivity index (χ2n) is 3.47. The molecule has 2 aromatic rings. The summed E-state index contributed by atoms with van der Waals surface area (Å²) in [5, 5.41) is 9.85. The molecule has 0 aliphatic heterocycles. The number of aromatic nitrogens is 3. The van der Waals surface area contributed by atoms with Gasteiger partial charge in [-0.3, -0.25) is 4.79 Å². The zero-order valence-electron chi connectivity index (χ0n) is 8.79. The van der Waals surface area contributed by atoms with E-state index in [2.05, 4.69) is 15.4 Å². The molecule has 0 bridgehead atoms. The zero-order chi connectivity index (χ0) is 12.6. The molecule has 0 spiro atoms. The van der Waals surface area contributed by atoms with Crippen LogP contribution in [0.1, 0.15) is 16.1 Å². The Morgan fingerprint density at radius 1 is 1.47 bits per heavy atom. The van der Waals surface area contributed by atoms with Crippen LogP contribution in [0.4, 0.5) is 4.39 Å². The van der Waals surface area contributed by atoms with Crippen molar-refractivity contribution in [3.8, 4) is 11.3 Å². The fraction of sp³-hybridized carbons (Fsp3) is 0.100. The highest BCUT2D eigenvalue weighted by atomic mass is 35.5. The maximum absolute atomic E-state index is 13.2. The molecule has 2 rings (SSSR count). The Morgan fingerprint density at radius 2 is 2.18 bits per heavy atom. The van der Waals surface area contributed by atoms with E-state index >= 15 is 0 Å². The van der Waals surface area contributed by atoms with Gasteiger partial charge in [0.15, 0.2) is 5.69 Å². The van der Waals surface area contributed by atoms with Crippen molar-refractivity contribution < 1.29 is 9.18 Å². The van der Waals surface area contributed by atoms with Crippen LogP contribution in [0, 0.1) is 12.7 Å². The maximum Gasteiger partial charge on any atom is 0.271 e. The molecule has 0 aliphatic carbocycles. The summed E-state index contributed by atoms with van der Waals surface area (Å²) in [4.78, 5) is 11.1. The highest BCUT2D eigenvalue weighted by molar-refractivity contribution is 6.33. The Hall–Kier alpha value is -1.95. The van der Waals surface area contributed by atoms with Crippen molar-refractivity contribution in [1.29, 1.82) is 0 Å². The van der Waals surface area contributed by atoms with E-state index in [0.717, 1.165) is 6.07 Å². The SMILES string of the molecule is Cc1cc(-c2n[nH]nc2C(N)=O)c(Cl)cc1F. The third-order valence-electron chi connectivity index (χ3n) is 2.28. The number of hydrogen-bond acceptors (Lipinski definition) is 3. The van der Waals surface area contributed by atoms with Gasteiger partial charge in [-0.1, -0.05) is 11.6 Å². The van der Waals surface area contributed by atoms with Crippen molar-refractivity contribution in [2.24, 2.45) is 5.73 Å². The lowest BCUT2D eigenvalue weighted by Crippen LogP contribution is -2.12. The number of amides is 1. The number of halogens is 2. The minimum Gasteiger partial charge on any atom is -0.364 e. The van der Waals surface area contributed by atoms with Crippen molar-refractivity contribution in [1.82, 2.24) is 15.4 Å². The second kappa shape index (κ2) is 4.14. The summed E-state index contributed by atoms with van der Waals surface area (Å²) in [7, 11) is 0. The van der Waals surface area contributed by atoms with E-state index in [9.17, 15) is 9.18 Å². The highest BCUT2D eigenvalue weighted by Crippen LogP contribution is 2.30. The molecule has 0 atom stereocenters. The van der Waals surface area contributed by atoms with E-state index in [4.69, 9.17) is 17.3 Å². The topological polar surface area (TPSA) is 84.7 Å². The van der Waals surface area contributed by atoms with Crippen LogP contribution in [-0.2, 0) is 0 Å². The van der Waals surface area contributed by atoms with Gasteiger partial charge in [0.1, 0.15) is 11.5 Å².